The molecule has 1 rings (SSSR count). The molecular weight excluding hydrogens is 176 g/mol. The molecule has 2 atom stereocenters. The highest BCUT2D eigenvalue weighted by Gasteiger charge is 2.23. The van der Waals surface area contributed by atoms with Crippen molar-refractivity contribution in [3.63, 3.8) is 0 Å². The van der Waals surface area contributed by atoms with Crippen LogP contribution in [0.1, 0.15) is 25.7 Å². The van der Waals surface area contributed by atoms with Crippen LogP contribution in [-0.4, -0.2) is 19.3 Å². The minimum Gasteiger partial charge on any atom is -0.393 e. The molecule has 1 N–H and O–H groups in total. The first-order valence-electron chi connectivity index (χ1n) is 5.35. The summed E-state index contributed by atoms with van der Waals surface area (Å²) in [5.41, 5.74) is 2.39. The Balaban J connectivity index is 2.29. The summed E-state index contributed by atoms with van der Waals surface area (Å²) in [6.07, 6.45) is 6.82. The second-order valence-corrected chi connectivity index (χ2v) is 10.3. The van der Waals surface area contributed by atoms with Crippen molar-refractivity contribution in [2.75, 3.05) is 0 Å². The van der Waals surface area contributed by atoms with Gasteiger partial charge >= 0.3 is 0 Å². The van der Waals surface area contributed by atoms with Gasteiger partial charge in [0.2, 0.25) is 0 Å². The Morgan fingerprint density at radius 1 is 1.31 bits per heavy atom. The molecule has 13 heavy (non-hydrogen) atoms. The van der Waals surface area contributed by atoms with E-state index in [1.54, 1.807) is 0 Å². The van der Waals surface area contributed by atoms with E-state index >= 15 is 0 Å². The zero-order valence-electron chi connectivity index (χ0n) is 9.09. The second kappa shape index (κ2) is 4.42. The average Bonchev–Trinajstić information content (AvgIpc) is 2.34. The largest absolute Gasteiger partial charge is 0.393 e. The van der Waals surface area contributed by atoms with Gasteiger partial charge in [0.05, 0.1) is 14.2 Å². The van der Waals surface area contributed by atoms with Crippen LogP contribution in [0.2, 0.25) is 19.6 Å². The first-order valence-corrected chi connectivity index (χ1v) is 8.92. The highest BCUT2D eigenvalue weighted by atomic mass is 28.3. The molecule has 0 heterocycles. The molecule has 0 spiro atoms. The summed E-state index contributed by atoms with van der Waals surface area (Å²) in [5.74, 6) is 0.549. The molecule has 1 fully saturated rings. The van der Waals surface area contributed by atoms with Crippen LogP contribution in [0.5, 0.6) is 0 Å². The van der Waals surface area contributed by atoms with E-state index in [-0.39, 0.29) is 6.10 Å². The summed E-state index contributed by atoms with van der Waals surface area (Å²) in [6.45, 7) is 7.03. The molecule has 0 bridgehead atoms. The molecule has 0 aliphatic heterocycles. The van der Waals surface area contributed by atoms with E-state index in [1.807, 2.05) is 0 Å². The Hall–Kier alpha value is -0.0831. The lowest BCUT2D eigenvalue weighted by molar-refractivity contribution is 0.134. The smallest absolute Gasteiger partial charge is 0.0682 e. The topological polar surface area (TPSA) is 20.2 Å². The molecule has 0 saturated heterocycles. The minimum atomic E-state index is -1.01. The van der Waals surface area contributed by atoms with Crippen LogP contribution in [0.15, 0.2) is 11.8 Å². The number of aliphatic hydroxyl groups excluding tert-OH is 1. The van der Waals surface area contributed by atoms with Crippen LogP contribution in [0.3, 0.4) is 0 Å². The molecule has 0 aromatic carbocycles. The number of aliphatic hydroxyl groups is 1. The molecule has 76 valence electrons. The normalized spacial score (nSPS) is 30.2. The maximum atomic E-state index is 9.60. The summed E-state index contributed by atoms with van der Waals surface area (Å²) in [4.78, 5) is 0. The Bertz CT molecular complexity index is 181. The fraction of sp³-hybridized carbons (Fsp3) is 0.818. The molecule has 0 radical (unpaired) electrons. The number of allylic oxidation sites excluding steroid dienone is 1. The van der Waals surface area contributed by atoms with Crippen molar-refractivity contribution in [1.82, 2.24) is 0 Å². The molecule has 2 heteroatoms. The van der Waals surface area contributed by atoms with E-state index < -0.39 is 8.07 Å². The predicted molar refractivity (Wildman–Crippen MR) is 60.5 cm³/mol. The van der Waals surface area contributed by atoms with Crippen molar-refractivity contribution >= 4 is 8.07 Å². The summed E-state index contributed by atoms with van der Waals surface area (Å²) >= 11 is 0. The molecular formula is C11H22OSi. The van der Waals surface area contributed by atoms with Gasteiger partial charge < -0.3 is 5.11 Å². The molecule has 0 aromatic heterocycles. The van der Waals surface area contributed by atoms with E-state index in [0.717, 1.165) is 12.8 Å². The molecule has 1 saturated carbocycles. The van der Waals surface area contributed by atoms with Crippen molar-refractivity contribution in [3.05, 3.63) is 11.8 Å². The van der Waals surface area contributed by atoms with Crippen molar-refractivity contribution in [3.8, 4) is 0 Å². The van der Waals surface area contributed by atoms with E-state index in [1.165, 1.54) is 12.8 Å². The van der Waals surface area contributed by atoms with Crippen LogP contribution in [0, 0.1) is 5.92 Å². The van der Waals surface area contributed by atoms with Gasteiger partial charge in [-0.2, -0.15) is 0 Å². The summed E-state index contributed by atoms with van der Waals surface area (Å²) in [6, 6.07) is 0. The van der Waals surface area contributed by atoms with Crippen molar-refractivity contribution in [2.24, 2.45) is 5.92 Å². The van der Waals surface area contributed by atoms with E-state index in [0.29, 0.717) is 5.92 Å². The van der Waals surface area contributed by atoms with Crippen LogP contribution in [-0.2, 0) is 0 Å². The third kappa shape index (κ3) is 4.10. The highest BCUT2D eigenvalue weighted by Crippen LogP contribution is 2.28. The SMILES string of the molecule is C[Si](C)(C)/C=C/C[C@H]1CCC[C@@H]1O. The maximum absolute atomic E-state index is 9.60. The Labute approximate surface area is 82.9 Å². The molecule has 1 aliphatic carbocycles. The average molecular weight is 198 g/mol. The number of rotatable bonds is 3. The van der Waals surface area contributed by atoms with Crippen LogP contribution in [0.4, 0.5) is 0 Å². The maximum Gasteiger partial charge on any atom is 0.0682 e. The second-order valence-electron chi connectivity index (χ2n) is 5.26. The minimum absolute atomic E-state index is 0.0220. The third-order valence-corrected chi connectivity index (χ3v) is 3.91. The van der Waals surface area contributed by atoms with Crippen molar-refractivity contribution < 1.29 is 5.11 Å². The van der Waals surface area contributed by atoms with Gasteiger partial charge in [0.1, 0.15) is 0 Å². The standard InChI is InChI=1S/C11H22OSi/c1-13(2,3)9-5-7-10-6-4-8-11(10)12/h5,9-12H,4,6-8H2,1-3H3/b9-5+/t10-,11+/m1/s1. The summed E-state index contributed by atoms with van der Waals surface area (Å²) < 4.78 is 0. The van der Waals surface area contributed by atoms with E-state index in [9.17, 15) is 5.11 Å². The van der Waals surface area contributed by atoms with Gasteiger partial charge in [0.25, 0.3) is 0 Å². The lowest BCUT2D eigenvalue weighted by Gasteiger charge is -2.13. The van der Waals surface area contributed by atoms with Gasteiger partial charge in [0, 0.05) is 0 Å². The molecule has 0 unspecified atom stereocenters. The first-order chi connectivity index (χ1) is 5.99. The van der Waals surface area contributed by atoms with Crippen LogP contribution >= 0.6 is 0 Å². The first kappa shape index (κ1) is 11.0. The van der Waals surface area contributed by atoms with Gasteiger partial charge in [0.15, 0.2) is 0 Å². The summed E-state index contributed by atoms with van der Waals surface area (Å²) in [7, 11) is -1.01. The van der Waals surface area contributed by atoms with Gasteiger partial charge in [-0.15, -0.1) is 0 Å². The Morgan fingerprint density at radius 3 is 2.46 bits per heavy atom. The van der Waals surface area contributed by atoms with Crippen LogP contribution in [0.25, 0.3) is 0 Å². The predicted octanol–water partition coefficient (Wildman–Crippen LogP) is 2.97. The highest BCUT2D eigenvalue weighted by molar-refractivity contribution is 6.80. The van der Waals surface area contributed by atoms with Gasteiger partial charge in [-0.3, -0.25) is 0 Å². The lowest BCUT2D eigenvalue weighted by atomic mass is 10.0. The summed E-state index contributed by atoms with van der Waals surface area (Å²) in [5, 5.41) is 9.60. The zero-order valence-corrected chi connectivity index (χ0v) is 10.1. The van der Waals surface area contributed by atoms with Crippen molar-refractivity contribution in [1.29, 1.82) is 0 Å². The Kier molecular flexibility index (Phi) is 3.74. The monoisotopic (exact) mass is 198 g/mol. The fourth-order valence-corrected chi connectivity index (χ4v) is 2.73. The quantitative estimate of drug-likeness (QED) is 0.691. The lowest BCUT2D eigenvalue weighted by Crippen LogP contribution is -2.16. The van der Waals surface area contributed by atoms with E-state index in [2.05, 4.69) is 31.4 Å². The third-order valence-electron chi connectivity index (χ3n) is 2.68. The van der Waals surface area contributed by atoms with Gasteiger partial charge in [-0.25, -0.2) is 0 Å². The molecule has 0 aromatic rings. The van der Waals surface area contributed by atoms with Crippen molar-refractivity contribution in [2.45, 2.75) is 51.4 Å². The molecule has 1 nitrogen and oxygen atoms in total. The van der Waals surface area contributed by atoms with Gasteiger partial charge in [-0.1, -0.05) is 37.8 Å². The Morgan fingerprint density at radius 2 is 2.00 bits per heavy atom. The molecule has 1 aliphatic rings. The van der Waals surface area contributed by atoms with Crippen LogP contribution < -0.4 is 0 Å². The molecule has 0 amide bonds. The zero-order chi connectivity index (χ0) is 9.90. The fourth-order valence-electron chi connectivity index (χ4n) is 1.89. The van der Waals surface area contributed by atoms with E-state index in [4.69, 9.17) is 0 Å². The number of hydrogen-bond acceptors (Lipinski definition) is 1. The van der Waals surface area contributed by atoms with Gasteiger partial charge in [-0.05, 0) is 25.2 Å². The number of hydrogen-bond donors (Lipinski definition) is 1.